The Hall–Kier alpha value is -2.24. The molecule has 0 aliphatic carbocycles. The Balaban J connectivity index is 1.84. The fraction of sp³-hybridized carbons (Fsp3) is 0.300. The Kier molecular flexibility index (Phi) is 5.16. The molecule has 3 aromatic rings. The average Bonchev–Trinajstić information content (AvgIpc) is 3.04. The van der Waals surface area contributed by atoms with E-state index < -0.39 is 0 Å². The van der Waals surface area contributed by atoms with Gasteiger partial charge < -0.3 is 4.74 Å². The summed E-state index contributed by atoms with van der Waals surface area (Å²) >= 11 is 1.72. The maximum Gasteiger partial charge on any atom is 0.159 e. The summed E-state index contributed by atoms with van der Waals surface area (Å²) in [6, 6.07) is 14.0. The van der Waals surface area contributed by atoms with Gasteiger partial charge in [-0.15, -0.1) is 11.3 Å². The highest BCUT2D eigenvalue weighted by Gasteiger charge is 2.18. The van der Waals surface area contributed by atoms with E-state index in [0.717, 1.165) is 21.8 Å². The smallest absolute Gasteiger partial charge is 0.159 e. The van der Waals surface area contributed by atoms with Crippen molar-refractivity contribution in [2.24, 2.45) is 0 Å². The van der Waals surface area contributed by atoms with Gasteiger partial charge in [0.2, 0.25) is 0 Å². The molecular weight excluding hydrogens is 332 g/mol. The third kappa shape index (κ3) is 3.72. The second-order valence-electron chi connectivity index (χ2n) is 6.19. The number of carbonyl (C=O) groups is 1. The van der Waals surface area contributed by atoms with Crippen molar-refractivity contribution in [3.63, 3.8) is 0 Å². The lowest BCUT2D eigenvalue weighted by Crippen LogP contribution is -2.22. The summed E-state index contributed by atoms with van der Waals surface area (Å²) in [6.07, 6.45) is 0. The van der Waals surface area contributed by atoms with Gasteiger partial charge >= 0.3 is 0 Å². The first-order valence-electron chi connectivity index (χ1n) is 8.23. The molecule has 2 aromatic carbocycles. The van der Waals surface area contributed by atoms with E-state index in [-0.39, 0.29) is 11.8 Å². The zero-order valence-corrected chi connectivity index (χ0v) is 15.8. The van der Waals surface area contributed by atoms with E-state index in [1.807, 2.05) is 36.4 Å². The Morgan fingerprint density at radius 3 is 2.72 bits per heavy atom. The molecule has 0 saturated heterocycles. The van der Waals surface area contributed by atoms with Crippen LogP contribution in [-0.4, -0.2) is 29.8 Å². The lowest BCUT2D eigenvalue weighted by Gasteiger charge is -2.24. The zero-order valence-electron chi connectivity index (χ0n) is 14.9. The molecule has 25 heavy (non-hydrogen) atoms. The predicted molar refractivity (Wildman–Crippen MR) is 103 cm³/mol. The van der Waals surface area contributed by atoms with E-state index in [1.54, 1.807) is 25.4 Å². The van der Waals surface area contributed by atoms with Crippen molar-refractivity contribution in [1.82, 2.24) is 9.88 Å². The van der Waals surface area contributed by atoms with Crippen LogP contribution < -0.4 is 4.74 Å². The topological polar surface area (TPSA) is 42.4 Å². The van der Waals surface area contributed by atoms with Gasteiger partial charge in [-0.2, -0.15) is 0 Å². The van der Waals surface area contributed by atoms with Crippen molar-refractivity contribution < 1.29 is 9.53 Å². The van der Waals surface area contributed by atoms with Gasteiger partial charge in [-0.1, -0.05) is 12.1 Å². The molecule has 0 aliphatic rings. The molecule has 0 bridgehead atoms. The van der Waals surface area contributed by atoms with Crippen molar-refractivity contribution >= 4 is 27.3 Å². The molecule has 3 rings (SSSR count). The second-order valence-corrected chi connectivity index (χ2v) is 7.26. The van der Waals surface area contributed by atoms with Crippen LogP contribution in [-0.2, 0) is 6.54 Å². The number of benzene rings is 2. The van der Waals surface area contributed by atoms with E-state index in [2.05, 4.69) is 24.9 Å². The number of hydrogen-bond acceptors (Lipinski definition) is 5. The predicted octanol–water partition coefficient (Wildman–Crippen LogP) is 4.70. The molecule has 4 nitrogen and oxygen atoms in total. The van der Waals surface area contributed by atoms with Crippen molar-refractivity contribution in [3.05, 3.63) is 58.6 Å². The molecule has 0 spiro atoms. The van der Waals surface area contributed by atoms with E-state index in [4.69, 9.17) is 9.72 Å². The number of rotatable bonds is 6. The van der Waals surface area contributed by atoms with Gasteiger partial charge in [-0.05, 0) is 51.2 Å². The summed E-state index contributed by atoms with van der Waals surface area (Å²) in [5, 5.41) is 1.09. The molecule has 5 heteroatoms. The maximum absolute atomic E-state index is 11.7. The Morgan fingerprint density at radius 2 is 2.04 bits per heavy atom. The largest absolute Gasteiger partial charge is 0.496 e. The molecular formula is C20H22N2O2S. The van der Waals surface area contributed by atoms with Crippen LogP contribution in [0.1, 0.15) is 40.8 Å². The first kappa shape index (κ1) is 17.6. The van der Waals surface area contributed by atoms with Crippen molar-refractivity contribution in [1.29, 1.82) is 0 Å². The summed E-state index contributed by atoms with van der Waals surface area (Å²) in [6.45, 7) is 4.42. The fourth-order valence-electron chi connectivity index (χ4n) is 2.78. The molecule has 0 fully saturated rings. The highest BCUT2D eigenvalue weighted by molar-refractivity contribution is 7.18. The summed E-state index contributed by atoms with van der Waals surface area (Å²) in [4.78, 5) is 18.7. The fourth-order valence-corrected chi connectivity index (χ4v) is 3.87. The lowest BCUT2D eigenvalue weighted by atomic mass is 10.1. The Bertz CT molecular complexity index is 871. The van der Waals surface area contributed by atoms with Crippen LogP contribution in [0.2, 0.25) is 0 Å². The molecule has 0 N–H and O–H groups in total. The number of hydrogen-bond donors (Lipinski definition) is 0. The van der Waals surface area contributed by atoms with Gasteiger partial charge in [-0.3, -0.25) is 9.69 Å². The zero-order chi connectivity index (χ0) is 18.0. The van der Waals surface area contributed by atoms with Crippen LogP contribution in [0.15, 0.2) is 42.5 Å². The van der Waals surface area contributed by atoms with Gasteiger partial charge in [0.05, 0.1) is 23.4 Å². The van der Waals surface area contributed by atoms with Crippen LogP contribution in [0.5, 0.6) is 5.75 Å². The van der Waals surface area contributed by atoms with Crippen molar-refractivity contribution in [2.45, 2.75) is 26.4 Å². The van der Waals surface area contributed by atoms with Gasteiger partial charge in [0.25, 0.3) is 0 Å². The van der Waals surface area contributed by atoms with Gasteiger partial charge in [0.15, 0.2) is 5.78 Å². The van der Waals surface area contributed by atoms with Gasteiger partial charge in [-0.25, -0.2) is 4.98 Å². The van der Waals surface area contributed by atoms with Crippen LogP contribution in [0, 0.1) is 0 Å². The van der Waals surface area contributed by atoms with Crippen molar-refractivity contribution in [2.75, 3.05) is 14.2 Å². The third-order valence-corrected chi connectivity index (χ3v) is 5.64. The van der Waals surface area contributed by atoms with E-state index in [1.165, 1.54) is 4.70 Å². The number of ether oxygens (including phenoxy) is 1. The summed E-state index contributed by atoms with van der Waals surface area (Å²) in [5.74, 6) is 0.860. The van der Waals surface area contributed by atoms with E-state index in [9.17, 15) is 4.79 Å². The van der Waals surface area contributed by atoms with E-state index >= 15 is 0 Å². The minimum atomic E-state index is 0.0609. The SMILES string of the molecule is COc1ccc(C(C)=O)cc1CN(C)[C@@H](C)c1nc2ccccc2s1. The van der Waals surface area contributed by atoms with Crippen LogP contribution in [0.4, 0.5) is 0 Å². The molecule has 0 aliphatic heterocycles. The minimum Gasteiger partial charge on any atom is -0.496 e. The number of Topliss-reactive ketones (excluding diaryl/α,β-unsaturated/α-hetero) is 1. The molecule has 1 atom stereocenters. The number of aromatic nitrogens is 1. The second kappa shape index (κ2) is 7.33. The van der Waals surface area contributed by atoms with Gasteiger partial charge in [0.1, 0.15) is 10.8 Å². The molecule has 0 unspecified atom stereocenters. The third-order valence-electron chi connectivity index (χ3n) is 4.44. The number of ketones is 1. The number of thiazole rings is 1. The maximum atomic E-state index is 11.7. The van der Waals surface area contributed by atoms with Crippen LogP contribution in [0.3, 0.4) is 0 Å². The summed E-state index contributed by atoms with van der Waals surface area (Å²) in [7, 11) is 3.72. The standard InChI is InChI=1S/C20H22N2O2S/c1-13(20-21-17-7-5-6-8-19(17)25-20)22(3)12-16-11-15(14(2)23)9-10-18(16)24-4/h5-11,13H,12H2,1-4H3/t13-/m0/s1. The molecule has 1 aromatic heterocycles. The highest BCUT2D eigenvalue weighted by atomic mass is 32.1. The quantitative estimate of drug-likeness (QED) is 0.602. The average molecular weight is 354 g/mol. The molecule has 130 valence electrons. The minimum absolute atomic E-state index is 0.0609. The molecule has 0 radical (unpaired) electrons. The normalized spacial score (nSPS) is 12.5. The monoisotopic (exact) mass is 354 g/mol. The number of methoxy groups -OCH3 is 1. The Labute approximate surface area is 152 Å². The number of fused-ring (bicyclic) bond motifs is 1. The first-order chi connectivity index (χ1) is 12.0. The Morgan fingerprint density at radius 1 is 1.28 bits per heavy atom. The molecule has 0 amide bonds. The van der Waals surface area contributed by atoms with Crippen LogP contribution >= 0.6 is 11.3 Å². The summed E-state index contributed by atoms with van der Waals surface area (Å²) < 4.78 is 6.67. The number of nitrogens with zero attached hydrogens (tertiary/aromatic N) is 2. The van der Waals surface area contributed by atoms with Crippen molar-refractivity contribution in [3.8, 4) is 5.75 Å². The molecule has 0 saturated carbocycles. The summed E-state index contributed by atoms with van der Waals surface area (Å²) in [5.41, 5.74) is 2.75. The number of para-hydroxylation sites is 1. The van der Waals surface area contributed by atoms with Gasteiger partial charge in [0, 0.05) is 17.7 Å². The lowest BCUT2D eigenvalue weighted by molar-refractivity contribution is 0.101. The van der Waals surface area contributed by atoms with Crippen LogP contribution in [0.25, 0.3) is 10.2 Å². The number of carbonyl (C=O) groups excluding carboxylic acids is 1. The highest BCUT2D eigenvalue weighted by Crippen LogP contribution is 2.31. The molecule has 1 heterocycles. The first-order valence-corrected chi connectivity index (χ1v) is 9.05. The van der Waals surface area contributed by atoms with E-state index in [0.29, 0.717) is 12.1 Å².